The minimum Gasteiger partial charge on any atom is -0.444 e. The van der Waals surface area contributed by atoms with Crippen LogP contribution in [0.15, 0.2) is 0 Å². The monoisotopic (exact) mass is 258 g/mol. The number of carbonyl (C=O) groups is 1. The highest BCUT2D eigenvalue weighted by Crippen LogP contribution is 2.19. The van der Waals surface area contributed by atoms with Gasteiger partial charge >= 0.3 is 6.09 Å². The Labute approximate surface area is 110 Å². The molecule has 0 saturated heterocycles. The first-order chi connectivity index (χ1) is 8.40. The molecule has 2 N–H and O–H groups in total. The predicted octanol–water partition coefficient (Wildman–Crippen LogP) is 1.67. The van der Waals surface area contributed by atoms with E-state index in [1.807, 2.05) is 20.8 Å². The third-order valence-corrected chi connectivity index (χ3v) is 2.89. The summed E-state index contributed by atoms with van der Waals surface area (Å²) in [6, 6.07) is 0.694. The molecule has 1 amide bonds. The van der Waals surface area contributed by atoms with Crippen molar-refractivity contribution in [3.63, 3.8) is 0 Å². The second kappa shape index (κ2) is 6.95. The van der Waals surface area contributed by atoms with Gasteiger partial charge in [-0.2, -0.15) is 0 Å². The van der Waals surface area contributed by atoms with Crippen molar-refractivity contribution in [3.8, 4) is 0 Å². The fourth-order valence-corrected chi connectivity index (χ4v) is 2.14. The number of hydrogen-bond donors (Lipinski definition) is 2. The number of rotatable bonds is 5. The molecule has 0 aromatic carbocycles. The molecule has 5 nitrogen and oxygen atoms in total. The van der Waals surface area contributed by atoms with E-state index in [0.29, 0.717) is 6.04 Å². The van der Waals surface area contributed by atoms with Crippen molar-refractivity contribution < 1.29 is 14.3 Å². The lowest BCUT2D eigenvalue weighted by atomic mass is 10.2. The molecule has 5 heteroatoms. The molecule has 1 aliphatic rings. The highest BCUT2D eigenvalue weighted by atomic mass is 16.6. The first-order valence-corrected chi connectivity index (χ1v) is 6.62. The molecule has 1 rings (SSSR count). The number of nitrogens with one attached hydrogen (secondary N) is 2. The predicted molar refractivity (Wildman–Crippen MR) is 70.7 cm³/mol. The topological polar surface area (TPSA) is 59.6 Å². The van der Waals surface area contributed by atoms with Crippen LogP contribution in [0.4, 0.5) is 4.79 Å². The Morgan fingerprint density at radius 1 is 1.28 bits per heavy atom. The summed E-state index contributed by atoms with van der Waals surface area (Å²) in [5, 5.41) is 6.34. The van der Waals surface area contributed by atoms with Gasteiger partial charge in [0, 0.05) is 25.7 Å². The van der Waals surface area contributed by atoms with Crippen LogP contribution in [0.2, 0.25) is 0 Å². The van der Waals surface area contributed by atoms with Crippen molar-refractivity contribution in [2.75, 3.05) is 20.3 Å². The van der Waals surface area contributed by atoms with Crippen LogP contribution in [-0.4, -0.2) is 44.0 Å². The van der Waals surface area contributed by atoms with Crippen LogP contribution in [0.1, 0.15) is 40.0 Å². The summed E-state index contributed by atoms with van der Waals surface area (Å²) >= 11 is 0. The molecule has 18 heavy (non-hydrogen) atoms. The van der Waals surface area contributed by atoms with E-state index in [1.165, 1.54) is 0 Å². The molecule has 1 fully saturated rings. The molecule has 0 aliphatic heterocycles. The Kier molecular flexibility index (Phi) is 5.88. The van der Waals surface area contributed by atoms with Gasteiger partial charge in [0.05, 0.1) is 6.61 Å². The van der Waals surface area contributed by atoms with Gasteiger partial charge in [0.15, 0.2) is 0 Å². The average Bonchev–Trinajstić information content (AvgIpc) is 2.63. The summed E-state index contributed by atoms with van der Waals surface area (Å²) in [7, 11) is 1.70. The van der Waals surface area contributed by atoms with Gasteiger partial charge in [0.25, 0.3) is 0 Å². The van der Waals surface area contributed by atoms with E-state index in [1.54, 1.807) is 7.11 Å². The zero-order valence-electron chi connectivity index (χ0n) is 11.9. The highest BCUT2D eigenvalue weighted by molar-refractivity contribution is 5.68. The van der Waals surface area contributed by atoms with Crippen LogP contribution < -0.4 is 10.6 Å². The average molecular weight is 258 g/mol. The molecule has 2 atom stereocenters. The fraction of sp³-hybridized carbons (Fsp3) is 0.923. The number of ether oxygens (including phenoxy) is 2. The van der Waals surface area contributed by atoms with Crippen LogP contribution >= 0.6 is 0 Å². The van der Waals surface area contributed by atoms with Gasteiger partial charge in [-0.3, -0.25) is 0 Å². The molecular weight excluding hydrogens is 232 g/mol. The Morgan fingerprint density at radius 3 is 2.56 bits per heavy atom. The van der Waals surface area contributed by atoms with E-state index in [9.17, 15) is 4.79 Å². The zero-order chi connectivity index (χ0) is 13.6. The quantitative estimate of drug-likeness (QED) is 0.736. The van der Waals surface area contributed by atoms with Gasteiger partial charge in [-0.25, -0.2) is 4.79 Å². The summed E-state index contributed by atoms with van der Waals surface area (Å²) in [6.45, 7) is 7.20. The molecule has 0 aromatic heterocycles. The summed E-state index contributed by atoms with van der Waals surface area (Å²) < 4.78 is 10.2. The van der Waals surface area contributed by atoms with Crippen molar-refractivity contribution in [3.05, 3.63) is 0 Å². The summed E-state index contributed by atoms with van der Waals surface area (Å²) in [6.07, 6.45) is 2.74. The van der Waals surface area contributed by atoms with E-state index in [-0.39, 0.29) is 12.1 Å². The lowest BCUT2D eigenvalue weighted by Gasteiger charge is -2.21. The number of hydrogen-bond acceptors (Lipinski definition) is 4. The summed E-state index contributed by atoms with van der Waals surface area (Å²) in [5.74, 6) is 0. The second-order valence-electron chi connectivity index (χ2n) is 5.80. The van der Waals surface area contributed by atoms with Gasteiger partial charge < -0.3 is 20.1 Å². The Morgan fingerprint density at radius 2 is 1.94 bits per heavy atom. The van der Waals surface area contributed by atoms with E-state index >= 15 is 0 Å². The first kappa shape index (κ1) is 15.2. The molecule has 106 valence electrons. The van der Waals surface area contributed by atoms with Crippen molar-refractivity contribution in [1.82, 2.24) is 10.6 Å². The lowest BCUT2D eigenvalue weighted by molar-refractivity contribution is 0.0505. The number of alkyl carbamates (subject to hydrolysis) is 1. The number of amides is 1. The summed E-state index contributed by atoms with van der Waals surface area (Å²) in [4.78, 5) is 11.6. The Balaban J connectivity index is 2.19. The molecule has 2 unspecified atom stereocenters. The van der Waals surface area contributed by atoms with E-state index in [4.69, 9.17) is 9.47 Å². The van der Waals surface area contributed by atoms with Gasteiger partial charge in [-0.15, -0.1) is 0 Å². The van der Waals surface area contributed by atoms with Crippen molar-refractivity contribution in [2.45, 2.75) is 57.7 Å². The van der Waals surface area contributed by atoms with Gasteiger partial charge in [0.2, 0.25) is 0 Å². The Bertz CT molecular complexity index is 263. The third-order valence-electron chi connectivity index (χ3n) is 2.89. The van der Waals surface area contributed by atoms with Crippen LogP contribution in [0.25, 0.3) is 0 Å². The first-order valence-electron chi connectivity index (χ1n) is 6.62. The maximum atomic E-state index is 11.6. The van der Waals surface area contributed by atoms with Gasteiger partial charge in [-0.05, 0) is 40.0 Å². The lowest BCUT2D eigenvalue weighted by Crippen LogP contribution is -2.39. The minimum absolute atomic E-state index is 0.222. The number of carbonyl (C=O) groups excluding carboxylic acids is 1. The van der Waals surface area contributed by atoms with Crippen molar-refractivity contribution >= 4 is 6.09 Å². The molecule has 1 aliphatic carbocycles. The van der Waals surface area contributed by atoms with E-state index in [0.717, 1.165) is 32.4 Å². The maximum absolute atomic E-state index is 11.6. The van der Waals surface area contributed by atoms with Crippen LogP contribution in [-0.2, 0) is 9.47 Å². The SMILES string of the molecule is COCCNC1CCC(NC(=O)OC(C)(C)C)C1. The van der Waals surface area contributed by atoms with Crippen molar-refractivity contribution in [1.29, 1.82) is 0 Å². The molecule has 0 bridgehead atoms. The largest absolute Gasteiger partial charge is 0.444 e. The molecule has 0 aromatic rings. The Hall–Kier alpha value is -0.810. The molecule has 0 heterocycles. The normalized spacial score (nSPS) is 24.0. The minimum atomic E-state index is -0.432. The van der Waals surface area contributed by atoms with Crippen molar-refractivity contribution in [2.24, 2.45) is 0 Å². The number of methoxy groups -OCH3 is 1. The van der Waals surface area contributed by atoms with Crippen LogP contribution in [0.3, 0.4) is 0 Å². The van der Waals surface area contributed by atoms with E-state index < -0.39 is 5.60 Å². The van der Waals surface area contributed by atoms with Crippen LogP contribution in [0.5, 0.6) is 0 Å². The molecular formula is C13H26N2O3. The standard InChI is InChI=1S/C13H26N2O3/c1-13(2,3)18-12(16)15-11-6-5-10(9-11)14-7-8-17-4/h10-11,14H,5-9H2,1-4H3,(H,15,16). The summed E-state index contributed by atoms with van der Waals surface area (Å²) in [5.41, 5.74) is -0.432. The van der Waals surface area contributed by atoms with Gasteiger partial charge in [0.1, 0.15) is 5.60 Å². The highest BCUT2D eigenvalue weighted by Gasteiger charge is 2.27. The zero-order valence-corrected chi connectivity index (χ0v) is 11.9. The molecule has 0 spiro atoms. The van der Waals surface area contributed by atoms with Gasteiger partial charge in [-0.1, -0.05) is 0 Å². The third kappa shape index (κ3) is 6.21. The molecule has 1 saturated carbocycles. The second-order valence-corrected chi connectivity index (χ2v) is 5.80. The maximum Gasteiger partial charge on any atom is 0.407 e. The smallest absolute Gasteiger partial charge is 0.407 e. The van der Waals surface area contributed by atoms with E-state index in [2.05, 4.69) is 10.6 Å². The van der Waals surface area contributed by atoms with Crippen LogP contribution in [0, 0.1) is 0 Å². The fourth-order valence-electron chi connectivity index (χ4n) is 2.14. The molecule has 0 radical (unpaired) electrons.